The van der Waals surface area contributed by atoms with Crippen LogP contribution in [-0.2, 0) is 10.0 Å². The molecule has 2 aromatic rings. The van der Waals surface area contributed by atoms with Crippen molar-refractivity contribution < 1.29 is 13.3 Å². The van der Waals surface area contributed by atoms with Gasteiger partial charge in [0, 0.05) is 70.7 Å². The third-order valence-corrected chi connectivity index (χ3v) is 7.04. The van der Waals surface area contributed by atoms with Gasteiger partial charge in [0.25, 0.3) is 5.69 Å². The van der Waals surface area contributed by atoms with Crippen molar-refractivity contribution >= 4 is 21.4 Å². The van der Waals surface area contributed by atoms with E-state index in [0.29, 0.717) is 0 Å². The number of rotatable bonds is 8. The van der Waals surface area contributed by atoms with Crippen molar-refractivity contribution in [2.24, 2.45) is 0 Å². The van der Waals surface area contributed by atoms with Gasteiger partial charge in [-0.1, -0.05) is 12.1 Å². The van der Waals surface area contributed by atoms with E-state index in [2.05, 4.69) is 21.6 Å². The summed E-state index contributed by atoms with van der Waals surface area (Å²) in [7, 11) is 2.24. The van der Waals surface area contributed by atoms with Crippen molar-refractivity contribution in [3.63, 3.8) is 0 Å². The molecule has 1 saturated heterocycles. The van der Waals surface area contributed by atoms with Crippen molar-refractivity contribution in [3.8, 4) is 0 Å². The predicted molar refractivity (Wildman–Crippen MR) is 121 cm³/mol. The molecular formula is C21H29N5O4S. The number of nitrogens with one attached hydrogen (secondary N) is 1. The smallest absolute Gasteiger partial charge is 0.269 e. The molecule has 0 saturated carbocycles. The van der Waals surface area contributed by atoms with Crippen LogP contribution >= 0.6 is 0 Å². The molecule has 3 rings (SSSR count). The lowest BCUT2D eigenvalue weighted by atomic mass is 10.0. The van der Waals surface area contributed by atoms with E-state index in [-0.39, 0.29) is 23.2 Å². The van der Waals surface area contributed by atoms with Crippen molar-refractivity contribution in [1.29, 1.82) is 0 Å². The van der Waals surface area contributed by atoms with E-state index in [0.717, 1.165) is 37.4 Å². The highest BCUT2D eigenvalue weighted by Crippen LogP contribution is 2.25. The van der Waals surface area contributed by atoms with E-state index >= 15 is 0 Å². The largest absolute Gasteiger partial charge is 0.378 e. The lowest BCUT2D eigenvalue weighted by molar-refractivity contribution is -0.384. The van der Waals surface area contributed by atoms with Gasteiger partial charge >= 0.3 is 0 Å². The predicted octanol–water partition coefficient (Wildman–Crippen LogP) is 1.93. The normalized spacial score (nSPS) is 16.7. The molecule has 0 amide bonds. The second-order valence-electron chi connectivity index (χ2n) is 7.94. The quantitative estimate of drug-likeness (QED) is 0.488. The zero-order chi connectivity index (χ0) is 22.6. The number of piperazine rings is 1. The molecule has 2 aromatic carbocycles. The van der Waals surface area contributed by atoms with E-state index in [1.54, 1.807) is 0 Å². The summed E-state index contributed by atoms with van der Waals surface area (Å²) in [5.41, 5.74) is 1.98. The Bertz CT molecular complexity index is 985. The van der Waals surface area contributed by atoms with E-state index in [1.165, 1.54) is 24.3 Å². The molecule has 168 valence electrons. The van der Waals surface area contributed by atoms with Crippen LogP contribution in [0.3, 0.4) is 0 Å². The molecule has 1 atom stereocenters. The standard InChI is InChI=1S/C21H29N5O4S/c1-23(2)18-6-4-17(5-7-18)21(25-14-12-24(3)13-15-25)16-22-31(29,30)20-10-8-19(9-11-20)26(27)28/h4-11,21-22H,12-16H2,1-3H3. The molecule has 1 fully saturated rings. The van der Waals surface area contributed by atoms with Crippen molar-refractivity contribution in [2.45, 2.75) is 10.9 Å². The zero-order valence-corrected chi connectivity index (χ0v) is 18.9. The Kier molecular flexibility index (Phi) is 7.26. The van der Waals surface area contributed by atoms with Gasteiger partial charge in [0.15, 0.2) is 0 Å². The molecule has 0 bridgehead atoms. The summed E-state index contributed by atoms with van der Waals surface area (Å²) in [5, 5.41) is 10.8. The molecule has 1 N–H and O–H groups in total. The Hall–Kier alpha value is -2.53. The fourth-order valence-corrected chi connectivity index (χ4v) is 4.64. The molecule has 0 aliphatic carbocycles. The van der Waals surface area contributed by atoms with Crippen molar-refractivity contribution in [3.05, 3.63) is 64.2 Å². The fraction of sp³-hybridized carbons (Fsp3) is 0.429. The van der Waals surface area contributed by atoms with E-state index in [9.17, 15) is 18.5 Å². The molecule has 31 heavy (non-hydrogen) atoms. The fourth-order valence-electron chi connectivity index (χ4n) is 3.60. The van der Waals surface area contributed by atoms with Gasteiger partial charge in [-0.3, -0.25) is 15.0 Å². The van der Waals surface area contributed by atoms with Crippen LogP contribution in [0.25, 0.3) is 0 Å². The van der Waals surface area contributed by atoms with Crippen LogP contribution in [0, 0.1) is 10.1 Å². The van der Waals surface area contributed by atoms with Gasteiger partial charge in [-0.15, -0.1) is 0 Å². The first-order chi connectivity index (χ1) is 14.7. The highest BCUT2D eigenvalue weighted by molar-refractivity contribution is 7.89. The Morgan fingerprint density at radius 2 is 1.61 bits per heavy atom. The molecule has 1 aliphatic rings. The Morgan fingerprint density at radius 3 is 2.13 bits per heavy atom. The van der Waals surface area contributed by atoms with Crippen molar-refractivity contribution in [2.75, 3.05) is 58.8 Å². The van der Waals surface area contributed by atoms with Crippen LogP contribution in [0.2, 0.25) is 0 Å². The second-order valence-corrected chi connectivity index (χ2v) is 9.71. The van der Waals surface area contributed by atoms with Crippen molar-refractivity contribution in [1.82, 2.24) is 14.5 Å². The van der Waals surface area contributed by atoms with Crippen LogP contribution in [0.1, 0.15) is 11.6 Å². The summed E-state index contributed by atoms with van der Waals surface area (Å²) in [4.78, 5) is 16.9. The lowest BCUT2D eigenvalue weighted by Gasteiger charge is -2.38. The molecule has 1 heterocycles. The zero-order valence-electron chi connectivity index (χ0n) is 18.1. The first-order valence-electron chi connectivity index (χ1n) is 10.1. The summed E-state index contributed by atoms with van der Waals surface area (Å²) in [6.45, 7) is 3.73. The topological polar surface area (TPSA) is 99.0 Å². The number of likely N-dealkylation sites (N-methyl/N-ethyl adjacent to an activating group) is 1. The summed E-state index contributed by atoms with van der Waals surface area (Å²) in [6, 6.07) is 13.0. The van der Waals surface area contributed by atoms with Crippen LogP contribution in [-0.4, -0.2) is 77.0 Å². The van der Waals surface area contributed by atoms with Gasteiger partial charge < -0.3 is 9.80 Å². The number of nitrogens with zero attached hydrogens (tertiary/aromatic N) is 4. The SMILES string of the molecule is CN1CCN(C(CNS(=O)(=O)c2ccc([N+](=O)[O-])cc2)c2ccc(N(C)C)cc2)CC1. The highest BCUT2D eigenvalue weighted by Gasteiger charge is 2.26. The van der Waals surface area contributed by atoms with Crippen LogP contribution in [0.4, 0.5) is 11.4 Å². The van der Waals surface area contributed by atoms with Gasteiger partial charge in [0.2, 0.25) is 10.0 Å². The van der Waals surface area contributed by atoms with Gasteiger partial charge in [0.05, 0.1) is 9.82 Å². The van der Waals surface area contributed by atoms with E-state index in [1.807, 2.05) is 43.3 Å². The maximum Gasteiger partial charge on any atom is 0.269 e. The molecule has 1 unspecified atom stereocenters. The molecule has 0 spiro atoms. The van der Waals surface area contributed by atoms with Crippen LogP contribution in [0.5, 0.6) is 0 Å². The van der Waals surface area contributed by atoms with Gasteiger partial charge in [0.1, 0.15) is 0 Å². The number of hydrogen-bond acceptors (Lipinski definition) is 7. The summed E-state index contributed by atoms with van der Waals surface area (Å²) in [5.74, 6) is 0. The van der Waals surface area contributed by atoms with Crippen LogP contribution in [0.15, 0.2) is 53.4 Å². The molecule has 9 nitrogen and oxygen atoms in total. The third kappa shape index (κ3) is 5.79. The minimum absolute atomic E-state index is 0.0122. The number of nitro groups is 1. The molecule has 0 radical (unpaired) electrons. The van der Waals surface area contributed by atoms with Gasteiger partial charge in [-0.2, -0.15) is 0 Å². The number of nitro benzene ring substituents is 1. The maximum atomic E-state index is 12.8. The second kappa shape index (κ2) is 9.73. The first-order valence-corrected chi connectivity index (χ1v) is 11.6. The minimum Gasteiger partial charge on any atom is -0.378 e. The Morgan fingerprint density at radius 1 is 1.03 bits per heavy atom. The number of non-ortho nitro benzene ring substituents is 1. The van der Waals surface area contributed by atoms with Gasteiger partial charge in [-0.25, -0.2) is 13.1 Å². The molecular weight excluding hydrogens is 418 g/mol. The van der Waals surface area contributed by atoms with Crippen LogP contribution < -0.4 is 9.62 Å². The summed E-state index contributed by atoms with van der Waals surface area (Å²) in [6.07, 6.45) is 0. The molecule has 1 aliphatic heterocycles. The Labute approximate surface area is 183 Å². The third-order valence-electron chi connectivity index (χ3n) is 5.60. The average Bonchev–Trinajstić information content (AvgIpc) is 2.75. The maximum absolute atomic E-state index is 12.8. The number of sulfonamides is 1. The number of hydrogen-bond donors (Lipinski definition) is 1. The highest BCUT2D eigenvalue weighted by atomic mass is 32.2. The van der Waals surface area contributed by atoms with E-state index < -0.39 is 14.9 Å². The lowest BCUT2D eigenvalue weighted by Crippen LogP contribution is -2.48. The monoisotopic (exact) mass is 447 g/mol. The summed E-state index contributed by atoms with van der Waals surface area (Å²) >= 11 is 0. The molecule has 0 aromatic heterocycles. The average molecular weight is 448 g/mol. The molecule has 10 heteroatoms. The van der Waals surface area contributed by atoms with Gasteiger partial charge in [-0.05, 0) is 36.9 Å². The number of anilines is 1. The first kappa shape index (κ1) is 23.1. The summed E-state index contributed by atoms with van der Waals surface area (Å²) < 4.78 is 28.3. The Balaban J connectivity index is 1.79. The van der Waals surface area contributed by atoms with E-state index in [4.69, 9.17) is 0 Å². The minimum atomic E-state index is -3.79. The number of benzene rings is 2.